The van der Waals surface area contributed by atoms with Gasteiger partial charge in [-0.15, -0.1) is 0 Å². The average Bonchev–Trinajstić information content (AvgIpc) is 3.48. The van der Waals surface area contributed by atoms with E-state index in [1.807, 2.05) is 12.1 Å². The Balaban J connectivity index is 1.37. The minimum atomic E-state index is -0.491. The van der Waals surface area contributed by atoms with Crippen LogP contribution in [0.2, 0.25) is 0 Å². The van der Waals surface area contributed by atoms with E-state index in [0.717, 1.165) is 17.5 Å². The topological polar surface area (TPSA) is 105 Å². The number of carbonyl (C=O) groups is 3. The van der Waals surface area contributed by atoms with Crippen molar-refractivity contribution in [3.8, 4) is 0 Å². The summed E-state index contributed by atoms with van der Waals surface area (Å²) in [5.41, 5.74) is 3.85. The number of nitrogens with zero attached hydrogens (tertiary/aromatic N) is 3. The fraction of sp³-hybridized carbons (Fsp3) is 0.192. The molecular weight excluding hydrogens is 449 g/mol. The van der Waals surface area contributed by atoms with Crippen molar-refractivity contribution in [1.82, 2.24) is 25.2 Å². The number of nitrogens with one attached hydrogen (secondary N) is 2. The van der Waals surface area contributed by atoms with Crippen LogP contribution in [0.25, 0.3) is 5.65 Å². The van der Waals surface area contributed by atoms with E-state index in [-0.39, 0.29) is 35.6 Å². The average molecular weight is 471 g/mol. The maximum Gasteiger partial charge on any atom is 0.270 e. The number of carbonyl (C=O) groups excluding carboxylic acids is 3. The molecule has 176 valence electrons. The molecule has 0 fully saturated rings. The van der Waals surface area contributed by atoms with Crippen LogP contribution in [0.15, 0.2) is 60.8 Å². The van der Waals surface area contributed by atoms with E-state index >= 15 is 0 Å². The van der Waals surface area contributed by atoms with Gasteiger partial charge in [-0.1, -0.05) is 24.3 Å². The third kappa shape index (κ3) is 4.52. The molecule has 35 heavy (non-hydrogen) atoms. The van der Waals surface area contributed by atoms with Gasteiger partial charge in [0, 0.05) is 24.2 Å². The van der Waals surface area contributed by atoms with Gasteiger partial charge in [-0.05, 0) is 54.7 Å². The van der Waals surface area contributed by atoms with E-state index in [1.165, 1.54) is 35.8 Å². The van der Waals surface area contributed by atoms with Gasteiger partial charge in [-0.3, -0.25) is 14.4 Å². The van der Waals surface area contributed by atoms with Crippen LogP contribution in [0.1, 0.15) is 67.4 Å². The Morgan fingerprint density at radius 1 is 1.09 bits per heavy atom. The molecule has 2 amide bonds. The van der Waals surface area contributed by atoms with E-state index in [4.69, 9.17) is 0 Å². The Labute approximate surface area is 200 Å². The predicted octanol–water partition coefficient (Wildman–Crippen LogP) is 3.42. The van der Waals surface area contributed by atoms with Gasteiger partial charge in [0.1, 0.15) is 17.2 Å². The highest BCUT2D eigenvalue weighted by Crippen LogP contribution is 2.32. The van der Waals surface area contributed by atoms with Gasteiger partial charge in [-0.2, -0.15) is 5.10 Å². The lowest BCUT2D eigenvalue weighted by Gasteiger charge is -2.15. The molecule has 0 aliphatic heterocycles. The summed E-state index contributed by atoms with van der Waals surface area (Å²) >= 11 is 0. The van der Waals surface area contributed by atoms with Gasteiger partial charge < -0.3 is 10.6 Å². The first-order valence-corrected chi connectivity index (χ1v) is 11.2. The Kier molecular flexibility index (Phi) is 5.82. The summed E-state index contributed by atoms with van der Waals surface area (Å²) in [6, 6.07) is 14.2. The van der Waals surface area contributed by atoms with E-state index < -0.39 is 11.8 Å². The second-order valence-corrected chi connectivity index (χ2v) is 8.47. The summed E-state index contributed by atoms with van der Waals surface area (Å²) < 4.78 is 14.8. The lowest BCUT2D eigenvalue weighted by atomic mass is 10.0. The number of aryl methyl sites for hydroxylation is 1. The highest BCUT2D eigenvalue weighted by Gasteiger charge is 2.26. The fourth-order valence-electron chi connectivity index (χ4n) is 4.33. The summed E-state index contributed by atoms with van der Waals surface area (Å²) in [6.45, 7) is 1.64. The van der Waals surface area contributed by atoms with E-state index in [9.17, 15) is 18.8 Å². The van der Waals surface area contributed by atoms with Crippen LogP contribution in [0.3, 0.4) is 0 Å². The monoisotopic (exact) mass is 471 g/mol. The van der Waals surface area contributed by atoms with E-state index in [2.05, 4.69) is 20.7 Å². The molecule has 0 bridgehead atoms. The van der Waals surface area contributed by atoms with Crippen LogP contribution in [0.4, 0.5) is 4.39 Å². The molecule has 0 unspecified atom stereocenters. The smallest absolute Gasteiger partial charge is 0.270 e. The SMILES string of the molecule is CC(=O)c1ccc2c(c1)CC[C@@H]2NC(=O)c1cc(C(=O)NCc2cccc(F)c2)nc2ccnn12. The van der Waals surface area contributed by atoms with Gasteiger partial charge in [0.05, 0.1) is 12.2 Å². The standard InChI is InChI=1S/C26H22FN5O3/c1-15(33)17-5-7-20-18(12-17)6-8-21(20)31-26(35)23-13-22(30-24-9-10-29-32(23)24)25(34)28-14-16-3-2-4-19(27)11-16/h2-5,7,9-13,21H,6,8,14H2,1H3,(H,28,34)(H,31,35)/t21-/m0/s1. The molecule has 0 saturated carbocycles. The number of fused-ring (bicyclic) bond motifs is 2. The molecule has 2 aromatic carbocycles. The number of hydrogen-bond donors (Lipinski definition) is 2. The first-order valence-electron chi connectivity index (χ1n) is 11.2. The molecule has 0 saturated heterocycles. The molecule has 1 aliphatic rings. The maximum atomic E-state index is 13.4. The highest BCUT2D eigenvalue weighted by atomic mass is 19.1. The minimum absolute atomic E-state index is 0.00125. The molecule has 0 radical (unpaired) electrons. The number of amides is 2. The number of hydrogen-bond acceptors (Lipinski definition) is 5. The Morgan fingerprint density at radius 3 is 2.74 bits per heavy atom. The molecule has 1 atom stereocenters. The first-order chi connectivity index (χ1) is 16.9. The predicted molar refractivity (Wildman–Crippen MR) is 126 cm³/mol. The van der Waals surface area contributed by atoms with Gasteiger partial charge >= 0.3 is 0 Å². The lowest BCUT2D eigenvalue weighted by molar-refractivity contribution is 0.0927. The fourth-order valence-corrected chi connectivity index (χ4v) is 4.33. The number of halogens is 1. The molecular formula is C26H22FN5O3. The molecule has 5 rings (SSSR count). The second kappa shape index (κ2) is 9.09. The summed E-state index contributed by atoms with van der Waals surface area (Å²) in [5, 5.41) is 9.91. The third-order valence-electron chi connectivity index (χ3n) is 6.10. The van der Waals surface area contributed by atoms with Crippen LogP contribution >= 0.6 is 0 Å². The van der Waals surface area contributed by atoms with Crippen molar-refractivity contribution in [2.75, 3.05) is 0 Å². The summed E-state index contributed by atoms with van der Waals surface area (Å²) in [7, 11) is 0. The first kappa shape index (κ1) is 22.4. The maximum absolute atomic E-state index is 13.4. The van der Waals surface area contributed by atoms with Crippen LogP contribution in [-0.4, -0.2) is 32.2 Å². The quantitative estimate of drug-likeness (QED) is 0.419. The van der Waals surface area contributed by atoms with E-state index in [0.29, 0.717) is 23.2 Å². The van der Waals surface area contributed by atoms with Crippen LogP contribution < -0.4 is 10.6 Å². The zero-order chi connectivity index (χ0) is 24.5. The number of Topliss-reactive ketones (excluding diaryl/α,β-unsaturated/α-hetero) is 1. The number of benzene rings is 2. The zero-order valence-corrected chi connectivity index (χ0v) is 18.9. The summed E-state index contributed by atoms with van der Waals surface area (Å²) in [4.78, 5) is 42.0. The molecule has 4 aromatic rings. The van der Waals surface area contributed by atoms with Crippen molar-refractivity contribution in [3.05, 3.63) is 100 Å². The minimum Gasteiger partial charge on any atom is -0.347 e. The molecule has 2 aromatic heterocycles. The van der Waals surface area contributed by atoms with Crippen LogP contribution in [-0.2, 0) is 13.0 Å². The summed E-state index contributed by atoms with van der Waals surface area (Å²) in [5.74, 6) is -1.27. The Morgan fingerprint density at radius 2 is 1.94 bits per heavy atom. The van der Waals surface area contributed by atoms with E-state index in [1.54, 1.807) is 24.3 Å². The van der Waals surface area contributed by atoms with Crippen molar-refractivity contribution >= 4 is 23.2 Å². The van der Waals surface area contributed by atoms with Crippen LogP contribution in [0.5, 0.6) is 0 Å². The van der Waals surface area contributed by atoms with Gasteiger partial charge in [0.25, 0.3) is 11.8 Å². The molecule has 2 heterocycles. The van der Waals surface area contributed by atoms with Crippen LogP contribution in [0, 0.1) is 5.82 Å². The Hall–Kier alpha value is -4.40. The zero-order valence-electron chi connectivity index (χ0n) is 18.9. The normalized spacial score (nSPS) is 14.5. The van der Waals surface area contributed by atoms with Crippen molar-refractivity contribution < 1.29 is 18.8 Å². The summed E-state index contributed by atoms with van der Waals surface area (Å²) in [6.07, 6.45) is 2.96. The molecule has 8 nitrogen and oxygen atoms in total. The molecule has 2 N–H and O–H groups in total. The largest absolute Gasteiger partial charge is 0.347 e. The number of ketones is 1. The number of rotatable bonds is 6. The Bertz CT molecular complexity index is 1480. The molecule has 9 heteroatoms. The van der Waals surface area contributed by atoms with Crippen molar-refractivity contribution in [3.63, 3.8) is 0 Å². The van der Waals surface area contributed by atoms with Crippen molar-refractivity contribution in [2.24, 2.45) is 0 Å². The van der Waals surface area contributed by atoms with Gasteiger partial charge in [-0.25, -0.2) is 13.9 Å². The lowest BCUT2D eigenvalue weighted by Crippen LogP contribution is -2.30. The van der Waals surface area contributed by atoms with Crippen molar-refractivity contribution in [1.29, 1.82) is 0 Å². The van der Waals surface area contributed by atoms with Gasteiger partial charge in [0.15, 0.2) is 11.4 Å². The van der Waals surface area contributed by atoms with Crippen molar-refractivity contribution in [2.45, 2.75) is 32.4 Å². The highest BCUT2D eigenvalue weighted by molar-refractivity contribution is 5.98. The second-order valence-electron chi connectivity index (χ2n) is 8.47. The molecule has 0 spiro atoms. The number of aromatic nitrogens is 3. The van der Waals surface area contributed by atoms with Gasteiger partial charge in [0.2, 0.25) is 0 Å². The third-order valence-corrected chi connectivity index (χ3v) is 6.10. The molecule has 1 aliphatic carbocycles.